The van der Waals surface area contributed by atoms with E-state index >= 15 is 0 Å². The molecule has 2 aromatic rings. The molecular weight excluding hydrogens is 388 g/mol. The summed E-state index contributed by atoms with van der Waals surface area (Å²) >= 11 is 0. The van der Waals surface area contributed by atoms with E-state index in [1.165, 1.54) is 0 Å². The molecule has 5 nitrogen and oxygen atoms in total. The van der Waals surface area contributed by atoms with Crippen molar-refractivity contribution in [2.24, 2.45) is 0 Å². The molecule has 1 heterocycles. The number of nitrogens with zero attached hydrogens (tertiary/aromatic N) is 1. The molecule has 0 spiro atoms. The summed E-state index contributed by atoms with van der Waals surface area (Å²) < 4.78 is 5.48. The lowest BCUT2D eigenvalue weighted by molar-refractivity contribution is -0.134. The first-order chi connectivity index (χ1) is 13.5. The summed E-state index contributed by atoms with van der Waals surface area (Å²) in [6.07, 6.45) is 0.446. The van der Waals surface area contributed by atoms with E-state index < -0.39 is 0 Å². The number of piperazine rings is 1. The lowest BCUT2D eigenvalue weighted by Crippen LogP contribution is -2.48. The summed E-state index contributed by atoms with van der Waals surface area (Å²) in [7, 11) is 1.64. The zero-order chi connectivity index (χ0) is 20.1. The maximum Gasteiger partial charge on any atom is 0.223 e. The van der Waals surface area contributed by atoms with Crippen LogP contribution < -0.4 is 10.1 Å². The van der Waals surface area contributed by atoms with Gasteiger partial charge in [0.1, 0.15) is 5.75 Å². The van der Waals surface area contributed by atoms with Gasteiger partial charge in [-0.3, -0.25) is 9.59 Å². The van der Waals surface area contributed by atoms with Gasteiger partial charge in [0, 0.05) is 43.6 Å². The van der Waals surface area contributed by atoms with Crippen LogP contribution in [0.4, 0.5) is 0 Å². The molecule has 1 saturated heterocycles. The quantitative estimate of drug-likeness (QED) is 0.726. The van der Waals surface area contributed by atoms with E-state index in [2.05, 4.69) is 5.32 Å². The molecule has 0 saturated carbocycles. The largest absolute Gasteiger partial charge is 0.496 e. The fraction of sp³-hybridized carbons (Fsp3) is 0.391. The summed E-state index contributed by atoms with van der Waals surface area (Å²) in [6.45, 7) is 6.07. The van der Waals surface area contributed by atoms with E-state index in [0.29, 0.717) is 18.7 Å². The number of carbonyl (C=O) groups is 2. The van der Waals surface area contributed by atoms with Gasteiger partial charge >= 0.3 is 0 Å². The van der Waals surface area contributed by atoms with Crippen LogP contribution in [0.3, 0.4) is 0 Å². The van der Waals surface area contributed by atoms with Gasteiger partial charge in [-0.05, 0) is 37.1 Å². The number of ketones is 1. The van der Waals surface area contributed by atoms with E-state index in [1.807, 2.05) is 61.2 Å². The van der Waals surface area contributed by atoms with Crippen LogP contribution in [0.2, 0.25) is 0 Å². The zero-order valence-corrected chi connectivity index (χ0v) is 18.1. The Morgan fingerprint density at radius 1 is 1.10 bits per heavy atom. The summed E-state index contributed by atoms with van der Waals surface area (Å²) in [5.74, 6) is 0.801. The highest BCUT2D eigenvalue weighted by molar-refractivity contribution is 5.98. The van der Waals surface area contributed by atoms with Gasteiger partial charge in [0.2, 0.25) is 5.91 Å². The molecular formula is C23H29ClN2O3. The van der Waals surface area contributed by atoms with Crippen LogP contribution in [0.25, 0.3) is 0 Å². The second kappa shape index (κ2) is 10.4. The van der Waals surface area contributed by atoms with Gasteiger partial charge in [-0.25, -0.2) is 0 Å². The van der Waals surface area contributed by atoms with Crippen molar-refractivity contribution in [3.05, 3.63) is 64.7 Å². The van der Waals surface area contributed by atoms with Crippen LogP contribution in [0.15, 0.2) is 42.5 Å². The maximum atomic E-state index is 12.9. The molecule has 6 heteroatoms. The van der Waals surface area contributed by atoms with Crippen molar-refractivity contribution in [2.75, 3.05) is 26.7 Å². The Hall–Kier alpha value is -2.37. The topological polar surface area (TPSA) is 58.6 Å². The van der Waals surface area contributed by atoms with Gasteiger partial charge in [-0.2, -0.15) is 0 Å². The molecule has 1 aliphatic rings. The maximum absolute atomic E-state index is 12.9. The molecule has 1 N–H and O–H groups in total. The Balaban J connectivity index is 0.00000300. The fourth-order valence-corrected chi connectivity index (χ4v) is 3.65. The number of carbonyl (C=O) groups excluding carboxylic acids is 2. The number of halogens is 1. The molecule has 1 aliphatic heterocycles. The predicted octanol–water partition coefficient (Wildman–Crippen LogP) is 3.87. The van der Waals surface area contributed by atoms with E-state index in [-0.39, 0.29) is 43.0 Å². The van der Waals surface area contributed by atoms with Crippen LogP contribution in [0.1, 0.15) is 45.9 Å². The third-order valence-corrected chi connectivity index (χ3v) is 5.46. The molecule has 1 fully saturated rings. The van der Waals surface area contributed by atoms with Crippen LogP contribution in [0.5, 0.6) is 5.75 Å². The minimum Gasteiger partial charge on any atom is -0.496 e. The minimum absolute atomic E-state index is 0. The van der Waals surface area contributed by atoms with Crippen LogP contribution in [-0.2, 0) is 4.79 Å². The third-order valence-electron chi connectivity index (χ3n) is 5.46. The summed E-state index contributed by atoms with van der Waals surface area (Å²) in [5.41, 5.74) is 3.92. The average Bonchev–Trinajstić information content (AvgIpc) is 2.73. The van der Waals surface area contributed by atoms with E-state index in [0.717, 1.165) is 29.0 Å². The number of aryl methyl sites for hydroxylation is 2. The SMILES string of the molecule is COc1ccccc1C1CNCCN1C(=O)CCC(=O)c1ccc(C)c(C)c1.Cl. The molecule has 0 aliphatic carbocycles. The van der Waals surface area contributed by atoms with Crippen LogP contribution in [0, 0.1) is 13.8 Å². The van der Waals surface area contributed by atoms with Gasteiger partial charge in [-0.15, -0.1) is 12.4 Å². The molecule has 3 rings (SSSR count). The molecule has 1 unspecified atom stereocenters. The van der Waals surface area contributed by atoms with Crippen LogP contribution >= 0.6 is 12.4 Å². The Morgan fingerprint density at radius 3 is 2.59 bits per heavy atom. The highest BCUT2D eigenvalue weighted by Crippen LogP contribution is 2.30. The van der Waals surface area contributed by atoms with Crippen LogP contribution in [-0.4, -0.2) is 43.3 Å². The molecule has 1 amide bonds. The summed E-state index contributed by atoms with van der Waals surface area (Å²) in [5, 5.41) is 3.36. The lowest BCUT2D eigenvalue weighted by Gasteiger charge is -2.37. The number of amides is 1. The number of rotatable bonds is 6. The Morgan fingerprint density at radius 2 is 1.86 bits per heavy atom. The second-order valence-electron chi connectivity index (χ2n) is 7.27. The first kappa shape index (κ1) is 22.9. The normalized spacial score (nSPS) is 16.1. The van der Waals surface area contributed by atoms with E-state index in [9.17, 15) is 9.59 Å². The van der Waals surface area contributed by atoms with Gasteiger partial charge in [0.05, 0.1) is 13.2 Å². The Bertz CT molecular complexity index is 869. The number of para-hydroxylation sites is 1. The van der Waals surface area contributed by atoms with Crippen molar-refractivity contribution in [2.45, 2.75) is 32.7 Å². The minimum atomic E-state index is -0.0888. The van der Waals surface area contributed by atoms with Crippen molar-refractivity contribution < 1.29 is 14.3 Å². The van der Waals surface area contributed by atoms with Crippen molar-refractivity contribution in [1.82, 2.24) is 10.2 Å². The number of benzene rings is 2. The highest BCUT2D eigenvalue weighted by Gasteiger charge is 2.29. The number of ether oxygens (including phenoxy) is 1. The molecule has 0 bridgehead atoms. The van der Waals surface area contributed by atoms with E-state index in [1.54, 1.807) is 7.11 Å². The first-order valence-electron chi connectivity index (χ1n) is 9.75. The molecule has 29 heavy (non-hydrogen) atoms. The van der Waals surface area contributed by atoms with Crippen molar-refractivity contribution in [3.8, 4) is 5.75 Å². The molecule has 0 radical (unpaired) electrons. The first-order valence-corrected chi connectivity index (χ1v) is 9.75. The summed E-state index contributed by atoms with van der Waals surface area (Å²) in [6, 6.07) is 13.4. The fourth-order valence-electron chi connectivity index (χ4n) is 3.65. The van der Waals surface area contributed by atoms with Gasteiger partial charge in [0.15, 0.2) is 5.78 Å². The smallest absolute Gasteiger partial charge is 0.223 e. The standard InChI is InChI=1S/C23H28N2O3.ClH/c1-16-8-9-18(14-17(16)2)21(26)10-11-23(27)25-13-12-24-15-20(25)19-6-4-5-7-22(19)28-3;/h4-9,14,20,24H,10-13,15H2,1-3H3;1H. The monoisotopic (exact) mass is 416 g/mol. The van der Waals surface area contributed by atoms with Crippen molar-refractivity contribution in [3.63, 3.8) is 0 Å². The van der Waals surface area contributed by atoms with Gasteiger partial charge in [-0.1, -0.05) is 30.3 Å². The third kappa shape index (κ3) is 5.37. The number of Topliss-reactive ketones (excluding diaryl/α,β-unsaturated/α-hetero) is 1. The number of hydrogen-bond donors (Lipinski definition) is 1. The molecule has 1 atom stereocenters. The Labute approximate surface area is 178 Å². The average molecular weight is 417 g/mol. The zero-order valence-electron chi connectivity index (χ0n) is 17.2. The van der Waals surface area contributed by atoms with Crippen molar-refractivity contribution in [1.29, 1.82) is 0 Å². The number of hydrogen-bond acceptors (Lipinski definition) is 4. The van der Waals surface area contributed by atoms with E-state index in [4.69, 9.17) is 4.74 Å². The summed E-state index contributed by atoms with van der Waals surface area (Å²) in [4.78, 5) is 27.4. The molecule has 156 valence electrons. The number of nitrogens with one attached hydrogen (secondary N) is 1. The van der Waals surface area contributed by atoms with Crippen molar-refractivity contribution >= 4 is 24.1 Å². The highest BCUT2D eigenvalue weighted by atomic mass is 35.5. The number of methoxy groups -OCH3 is 1. The van der Waals surface area contributed by atoms with Gasteiger partial charge < -0.3 is 15.0 Å². The van der Waals surface area contributed by atoms with Gasteiger partial charge in [0.25, 0.3) is 0 Å². The lowest BCUT2D eigenvalue weighted by atomic mass is 9.99. The second-order valence-corrected chi connectivity index (χ2v) is 7.27. The predicted molar refractivity (Wildman–Crippen MR) is 117 cm³/mol. The Kier molecular flexibility index (Phi) is 8.23. The molecule has 2 aromatic carbocycles. The molecule has 0 aromatic heterocycles.